The minimum Gasteiger partial charge on any atom is -0.311 e. The lowest BCUT2D eigenvalue weighted by Gasteiger charge is -2.00. The molecule has 0 aliphatic carbocycles. The Morgan fingerprint density at radius 3 is 3.13 bits per heavy atom. The molecule has 0 fully saturated rings. The predicted molar refractivity (Wildman–Crippen MR) is 58.0 cm³/mol. The van der Waals surface area contributed by atoms with Crippen molar-refractivity contribution in [3.05, 3.63) is 29.7 Å². The van der Waals surface area contributed by atoms with Crippen LogP contribution in [-0.4, -0.2) is 16.7 Å². The number of hydrogen-bond acceptors (Lipinski definition) is 2. The number of hydrogen-bond donors (Lipinski definition) is 2. The van der Waals surface area contributed by atoms with Crippen LogP contribution in [0.4, 0.5) is 4.39 Å². The molecule has 1 aromatic carbocycles. The number of aromatic nitrogens is 2. The van der Waals surface area contributed by atoms with Gasteiger partial charge in [-0.15, -0.1) is 0 Å². The summed E-state index contributed by atoms with van der Waals surface area (Å²) in [7, 11) is 0. The van der Waals surface area contributed by atoms with Crippen molar-refractivity contribution in [2.75, 3.05) is 6.54 Å². The second kappa shape index (κ2) is 4.40. The van der Waals surface area contributed by atoms with Crippen LogP contribution < -0.4 is 5.32 Å². The molecule has 4 heteroatoms. The van der Waals surface area contributed by atoms with Gasteiger partial charge in [-0.05, 0) is 25.1 Å². The van der Waals surface area contributed by atoms with Crippen LogP contribution in [0.25, 0.3) is 10.9 Å². The Balaban J connectivity index is 2.21. The highest BCUT2D eigenvalue weighted by Gasteiger charge is 2.04. The van der Waals surface area contributed by atoms with E-state index in [0.29, 0.717) is 5.52 Å². The fraction of sp³-hybridized carbons (Fsp3) is 0.364. The van der Waals surface area contributed by atoms with Gasteiger partial charge in [-0.3, -0.25) is 5.10 Å². The molecule has 1 aromatic heterocycles. The van der Waals surface area contributed by atoms with Gasteiger partial charge in [-0.2, -0.15) is 5.10 Å². The maximum absolute atomic E-state index is 12.9. The highest BCUT2D eigenvalue weighted by Crippen LogP contribution is 2.16. The topological polar surface area (TPSA) is 40.7 Å². The molecule has 0 bridgehead atoms. The summed E-state index contributed by atoms with van der Waals surface area (Å²) in [5.74, 6) is -0.248. The summed E-state index contributed by atoms with van der Waals surface area (Å²) in [4.78, 5) is 0. The van der Waals surface area contributed by atoms with E-state index in [1.807, 2.05) is 0 Å². The van der Waals surface area contributed by atoms with E-state index in [2.05, 4.69) is 22.4 Å². The molecule has 0 saturated carbocycles. The SMILES string of the molecule is CCCNCc1[nH]nc2cc(F)ccc12. The lowest BCUT2D eigenvalue weighted by atomic mass is 10.2. The Hall–Kier alpha value is -1.42. The van der Waals surface area contributed by atoms with Crippen molar-refractivity contribution in [1.82, 2.24) is 15.5 Å². The highest BCUT2D eigenvalue weighted by atomic mass is 19.1. The molecule has 80 valence electrons. The third-order valence-corrected chi connectivity index (χ3v) is 2.32. The fourth-order valence-electron chi connectivity index (χ4n) is 1.57. The van der Waals surface area contributed by atoms with Gasteiger partial charge >= 0.3 is 0 Å². The van der Waals surface area contributed by atoms with Gasteiger partial charge in [-0.25, -0.2) is 4.39 Å². The van der Waals surface area contributed by atoms with E-state index in [4.69, 9.17) is 0 Å². The monoisotopic (exact) mass is 207 g/mol. The molecule has 0 aliphatic rings. The zero-order chi connectivity index (χ0) is 10.7. The first-order chi connectivity index (χ1) is 7.31. The maximum Gasteiger partial charge on any atom is 0.125 e. The molecule has 2 rings (SSSR count). The third-order valence-electron chi connectivity index (χ3n) is 2.32. The molecule has 3 nitrogen and oxygen atoms in total. The van der Waals surface area contributed by atoms with Gasteiger partial charge in [0.1, 0.15) is 5.82 Å². The van der Waals surface area contributed by atoms with Gasteiger partial charge in [0.25, 0.3) is 0 Å². The zero-order valence-electron chi connectivity index (χ0n) is 8.68. The van der Waals surface area contributed by atoms with Crippen molar-refractivity contribution < 1.29 is 4.39 Å². The van der Waals surface area contributed by atoms with E-state index >= 15 is 0 Å². The molecule has 0 aliphatic heterocycles. The van der Waals surface area contributed by atoms with E-state index in [-0.39, 0.29) is 5.82 Å². The molecule has 0 spiro atoms. The van der Waals surface area contributed by atoms with E-state index in [1.165, 1.54) is 12.1 Å². The second-order valence-corrected chi connectivity index (χ2v) is 3.54. The van der Waals surface area contributed by atoms with E-state index in [1.54, 1.807) is 6.07 Å². The summed E-state index contributed by atoms with van der Waals surface area (Å²) in [6.07, 6.45) is 1.10. The predicted octanol–water partition coefficient (Wildman–Crippen LogP) is 2.20. The molecule has 1 heterocycles. The average molecular weight is 207 g/mol. The smallest absolute Gasteiger partial charge is 0.125 e. The number of halogens is 1. The zero-order valence-corrected chi connectivity index (χ0v) is 8.68. The van der Waals surface area contributed by atoms with Crippen LogP contribution in [0.3, 0.4) is 0 Å². The maximum atomic E-state index is 12.9. The summed E-state index contributed by atoms with van der Waals surface area (Å²) >= 11 is 0. The largest absolute Gasteiger partial charge is 0.311 e. The van der Waals surface area contributed by atoms with Crippen LogP contribution in [-0.2, 0) is 6.54 Å². The normalized spacial score (nSPS) is 11.1. The molecular formula is C11H14FN3. The van der Waals surface area contributed by atoms with Gasteiger partial charge in [0.15, 0.2) is 0 Å². The van der Waals surface area contributed by atoms with Crippen LogP contribution in [0.5, 0.6) is 0 Å². The Bertz CT molecular complexity index is 450. The highest BCUT2D eigenvalue weighted by molar-refractivity contribution is 5.81. The Kier molecular flexibility index (Phi) is 2.97. The molecule has 2 aromatic rings. The lowest BCUT2D eigenvalue weighted by Crippen LogP contribution is -2.14. The van der Waals surface area contributed by atoms with E-state index in [0.717, 1.165) is 30.6 Å². The number of aromatic amines is 1. The van der Waals surface area contributed by atoms with Gasteiger partial charge in [-0.1, -0.05) is 6.92 Å². The van der Waals surface area contributed by atoms with Crippen molar-refractivity contribution in [1.29, 1.82) is 0 Å². The van der Waals surface area contributed by atoms with Gasteiger partial charge < -0.3 is 5.32 Å². The first-order valence-electron chi connectivity index (χ1n) is 5.14. The Morgan fingerprint density at radius 2 is 2.33 bits per heavy atom. The van der Waals surface area contributed by atoms with Crippen LogP contribution in [0, 0.1) is 5.82 Å². The first-order valence-corrected chi connectivity index (χ1v) is 5.14. The van der Waals surface area contributed by atoms with Gasteiger partial charge in [0.2, 0.25) is 0 Å². The minimum atomic E-state index is -0.248. The molecule has 0 unspecified atom stereocenters. The van der Waals surface area contributed by atoms with Gasteiger partial charge in [0.05, 0.1) is 11.2 Å². The second-order valence-electron chi connectivity index (χ2n) is 3.54. The Morgan fingerprint density at radius 1 is 1.47 bits per heavy atom. The molecular weight excluding hydrogens is 193 g/mol. The van der Waals surface area contributed by atoms with Crippen molar-refractivity contribution in [2.45, 2.75) is 19.9 Å². The molecule has 2 N–H and O–H groups in total. The standard InChI is InChI=1S/C11H14FN3/c1-2-5-13-7-11-9-4-3-8(12)6-10(9)14-15-11/h3-4,6,13H,2,5,7H2,1H3,(H,14,15). The molecule has 0 atom stereocenters. The van der Waals surface area contributed by atoms with Crippen molar-refractivity contribution in [3.63, 3.8) is 0 Å². The van der Waals surface area contributed by atoms with E-state index in [9.17, 15) is 4.39 Å². The van der Waals surface area contributed by atoms with Crippen molar-refractivity contribution in [2.24, 2.45) is 0 Å². The van der Waals surface area contributed by atoms with E-state index < -0.39 is 0 Å². The minimum absolute atomic E-state index is 0.248. The van der Waals surface area contributed by atoms with Crippen molar-refractivity contribution in [3.8, 4) is 0 Å². The number of fused-ring (bicyclic) bond motifs is 1. The number of H-pyrrole nitrogens is 1. The quantitative estimate of drug-likeness (QED) is 0.754. The number of rotatable bonds is 4. The first kappa shape index (κ1) is 10.1. The molecule has 15 heavy (non-hydrogen) atoms. The van der Waals surface area contributed by atoms with Crippen LogP contribution in [0.2, 0.25) is 0 Å². The van der Waals surface area contributed by atoms with Crippen LogP contribution in [0.1, 0.15) is 19.0 Å². The average Bonchev–Trinajstić information content (AvgIpc) is 2.61. The Labute approximate surface area is 87.7 Å². The number of nitrogens with one attached hydrogen (secondary N) is 2. The van der Waals surface area contributed by atoms with Crippen LogP contribution >= 0.6 is 0 Å². The summed E-state index contributed by atoms with van der Waals surface area (Å²) in [6.45, 7) is 3.84. The summed E-state index contributed by atoms with van der Waals surface area (Å²) in [5.41, 5.74) is 1.70. The number of benzene rings is 1. The van der Waals surface area contributed by atoms with Gasteiger partial charge in [0, 0.05) is 18.0 Å². The summed E-state index contributed by atoms with van der Waals surface area (Å²) in [6, 6.07) is 4.66. The molecule has 0 radical (unpaired) electrons. The lowest BCUT2D eigenvalue weighted by molar-refractivity contribution is 0.629. The third kappa shape index (κ3) is 2.15. The van der Waals surface area contributed by atoms with Crippen LogP contribution in [0.15, 0.2) is 18.2 Å². The summed E-state index contributed by atoms with van der Waals surface area (Å²) in [5, 5.41) is 11.2. The molecule has 0 saturated heterocycles. The molecule has 0 amide bonds. The summed E-state index contributed by atoms with van der Waals surface area (Å²) < 4.78 is 12.9. The fourth-order valence-corrected chi connectivity index (χ4v) is 1.57. The van der Waals surface area contributed by atoms with Crippen molar-refractivity contribution >= 4 is 10.9 Å². The number of nitrogens with zero attached hydrogens (tertiary/aromatic N) is 1.